The van der Waals surface area contributed by atoms with Gasteiger partial charge in [0.15, 0.2) is 0 Å². The van der Waals surface area contributed by atoms with Crippen molar-refractivity contribution in [1.82, 2.24) is 0 Å². The Morgan fingerprint density at radius 3 is 1.67 bits per heavy atom. The van der Waals surface area contributed by atoms with Crippen LogP contribution in [0.5, 0.6) is 0 Å². The molecule has 9 heavy (non-hydrogen) atoms. The molecule has 1 atom stereocenters. The van der Waals surface area contributed by atoms with E-state index >= 15 is 0 Å². The van der Waals surface area contributed by atoms with E-state index in [1.807, 2.05) is 6.08 Å². The Morgan fingerprint density at radius 2 is 1.67 bits per heavy atom. The maximum Gasteiger partial charge on any atom is 0.394 e. The van der Waals surface area contributed by atoms with Crippen LogP contribution in [0.15, 0.2) is 12.7 Å². The van der Waals surface area contributed by atoms with E-state index in [4.69, 9.17) is 17.5 Å². The van der Waals surface area contributed by atoms with Gasteiger partial charge in [0.05, 0.1) is 0 Å². The molecule has 0 aromatic heterocycles. The van der Waals surface area contributed by atoms with Gasteiger partial charge in [-0.05, 0) is 6.16 Å². The average Bonchev–Trinajstić information content (AvgIpc) is 1.61. The first-order valence-electron chi connectivity index (χ1n) is 1.92. The van der Waals surface area contributed by atoms with Crippen LogP contribution in [-0.2, 0) is 10.4 Å². The Balaban J connectivity index is 0. The highest BCUT2D eigenvalue weighted by molar-refractivity contribution is 7.79. The van der Waals surface area contributed by atoms with Crippen LogP contribution in [0.2, 0.25) is 0 Å². The highest BCUT2D eigenvalue weighted by Crippen LogP contribution is 1.74. The normalized spacial score (nSPS) is 9.22. The van der Waals surface area contributed by atoms with Gasteiger partial charge in [-0.2, -0.15) is 8.42 Å². The molecule has 0 bridgehead atoms. The van der Waals surface area contributed by atoms with E-state index in [0.29, 0.717) is 0 Å². The van der Waals surface area contributed by atoms with Gasteiger partial charge >= 0.3 is 10.4 Å². The highest BCUT2D eigenvalue weighted by atomic mass is 32.3. The summed E-state index contributed by atoms with van der Waals surface area (Å²) < 4.78 is 31.6. The van der Waals surface area contributed by atoms with Gasteiger partial charge in [0.25, 0.3) is 0 Å². The molecule has 0 aliphatic heterocycles. The molecule has 0 heterocycles. The van der Waals surface area contributed by atoms with Crippen molar-refractivity contribution < 1.29 is 17.5 Å². The molecule has 0 amide bonds. The molecular weight excluding hydrogens is 163 g/mol. The molecule has 4 nitrogen and oxygen atoms in total. The van der Waals surface area contributed by atoms with Crippen LogP contribution in [-0.4, -0.2) is 23.7 Å². The average molecular weight is 172 g/mol. The maximum atomic E-state index is 8.74. The summed E-state index contributed by atoms with van der Waals surface area (Å²) >= 11 is 0. The fourth-order valence-electron chi connectivity index (χ4n) is 0. The second-order valence-corrected chi connectivity index (χ2v) is 2.34. The zero-order chi connectivity index (χ0) is 7.91. The van der Waals surface area contributed by atoms with Crippen LogP contribution in [0.1, 0.15) is 0 Å². The van der Waals surface area contributed by atoms with Crippen molar-refractivity contribution in [2.75, 3.05) is 6.16 Å². The number of allylic oxidation sites excluding steroid dienone is 1. The third-order valence-electron chi connectivity index (χ3n) is 0.167. The molecule has 0 radical (unpaired) electrons. The van der Waals surface area contributed by atoms with Crippen molar-refractivity contribution in [3.05, 3.63) is 12.7 Å². The predicted octanol–water partition coefficient (Wildman–Crippen LogP) is 0.395. The predicted molar refractivity (Wildman–Crippen MR) is 39.0 cm³/mol. The minimum absolute atomic E-state index is 1.00. The number of hydrogen-bond acceptors (Lipinski definition) is 2. The van der Waals surface area contributed by atoms with E-state index in [-0.39, 0.29) is 0 Å². The monoisotopic (exact) mass is 172 g/mol. The zero-order valence-corrected chi connectivity index (χ0v) is 6.66. The molecular formula is C3H9O4PS. The Kier molecular flexibility index (Phi) is 8.08. The molecule has 0 fully saturated rings. The first-order valence-corrected chi connectivity index (χ1v) is 4.14. The fraction of sp³-hybridized carbons (Fsp3) is 0.333. The lowest BCUT2D eigenvalue weighted by Gasteiger charge is -1.68. The molecule has 0 spiro atoms. The molecule has 0 saturated carbocycles. The Morgan fingerprint density at radius 1 is 1.56 bits per heavy atom. The minimum Gasteiger partial charge on any atom is -0.264 e. The van der Waals surface area contributed by atoms with Crippen molar-refractivity contribution in [2.45, 2.75) is 0 Å². The Hall–Kier alpha value is 0.0400. The van der Waals surface area contributed by atoms with E-state index < -0.39 is 10.4 Å². The van der Waals surface area contributed by atoms with Gasteiger partial charge in [-0.25, -0.2) is 0 Å². The van der Waals surface area contributed by atoms with E-state index in [1.165, 1.54) is 0 Å². The van der Waals surface area contributed by atoms with Gasteiger partial charge in [-0.3, -0.25) is 9.11 Å². The van der Waals surface area contributed by atoms with Gasteiger partial charge in [0.2, 0.25) is 0 Å². The smallest absolute Gasteiger partial charge is 0.264 e. The molecule has 0 aromatic carbocycles. The molecule has 0 aliphatic rings. The molecule has 6 heteroatoms. The summed E-state index contributed by atoms with van der Waals surface area (Å²) in [6.07, 6.45) is 2.84. The molecule has 0 rings (SSSR count). The Bertz CT molecular complexity index is 141. The zero-order valence-electron chi connectivity index (χ0n) is 4.69. The highest BCUT2D eigenvalue weighted by Gasteiger charge is 1.84. The lowest BCUT2D eigenvalue weighted by Crippen LogP contribution is -1.89. The first-order chi connectivity index (χ1) is 3.91. The lowest BCUT2D eigenvalue weighted by molar-refractivity contribution is 0.381. The van der Waals surface area contributed by atoms with Crippen LogP contribution >= 0.6 is 9.24 Å². The van der Waals surface area contributed by atoms with Crippen LogP contribution in [0.25, 0.3) is 0 Å². The van der Waals surface area contributed by atoms with Gasteiger partial charge in [-0.15, -0.1) is 15.8 Å². The summed E-state index contributed by atoms with van der Waals surface area (Å²) in [7, 11) is -2.13. The number of hydrogen-bond donors (Lipinski definition) is 2. The van der Waals surface area contributed by atoms with Gasteiger partial charge < -0.3 is 0 Å². The molecule has 1 unspecified atom stereocenters. The molecule has 0 aliphatic carbocycles. The second kappa shape index (κ2) is 6.16. The summed E-state index contributed by atoms with van der Waals surface area (Å²) in [6.45, 7) is 3.46. The molecule has 56 valence electrons. The summed E-state index contributed by atoms with van der Waals surface area (Å²) in [5.41, 5.74) is 0. The van der Waals surface area contributed by atoms with Crippen LogP contribution in [0.4, 0.5) is 0 Å². The van der Waals surface area contributed by atoms with E-state index in [2.05, 4.69) is 15.8 Å². The third kappa shape index (κ3) is 271. The van der Waals surface area contributed by atoms with Crippen molar-refractivity contribution in [3.63, 3.8) is 0 Å². The van der Waals surface area contributed by atoms with Crippen LogP contribution in [0, 0.1) is 0 Å². The maximum absolute atomic E-state index is 8.74. The van der Waals surface area contributed by atoms with Crippen LogP contribution in [0.3, 0.4) is 0 Å². The van der Waals surface area contributed by atoms with Gasteiger partial charge in [0.1, 0.15) is 0 Å². The third-order valence-corrected chi connectivity index (χ3v) is 0.500. The van der Waals surface area contributed by atoms with Crippen molar-refractivity contribution in [1.29, 1.82) is 0 Å². The summed E-state index contributed by atoms with van der Waals surface area (Å²) in [5, 5.41) is 0. The largest absolute Gasteiger partial charge is 0.394 e. The quantitative estimate of drug-likeness (QED) is 0.341. The standard InChI is InChI=1S/C3H7P.H2O4S/c1-2-3-4;1-5(2,3)4/h2H,1,3-4H2;(H2,1,2,3,4). The summed E-state index contributed by atoms with van der Waals surface area (Å²) in [4.78, 5) is 0. The van der Waals surface area contributed by atoms with Crippen molar-refractivity contribution >= 4 is 19.6 Å². The van der Waals surface area contributed by atoms with E-state index in [1.54, 1.807) is 0 Å². The summed E-state index contributed by atoms with van der Waals surface area (Å²) in [5.74, 6) is 0. The lowest BCUT2D eigenvalue weighted by atomic mass is 10.8. The van der Waals surface area contributed by atoms with Crippen LogP contribution < -0.4 is 0 Å². The van der Waals surface area contributed by atoms with E-state index in [9.17, 15) is 0 Å². The van der Waals surface area contributed by atoms with Gasteiger partial charge in [-0.1, -0.05) is 6.08 Å². The van der Waals surface area contributed by atoms with Crippen molar-refractivity contribution in [2.24, 2.45) is 0 Å². The molecule has 2 N–H and O–H groups in total. The minimum atomic E-state index is -4.67. The second-order valence-electron chi connectivity index (χ2n) is 0.972. The van der Waals surface area contributed by atoms with Gasteiger partial charge in [0, 0.05) is 0 Å². The number of rotatable bonds is 1. The topological polar surface area (TPSA) is 74.6 Å². The van der Waals surface area contributed by atoms with E-state index in [0.717, 1.165) is 6.16 Å². The summed E-state index contributed by atoms with van der Waals surface area (Å²) in [6, 6.07) is 0. The Labute approximate surface area is 56.7 Å². The SMILES string of the molecule is C=CCP.O=S(=O)(O)O. The first kappa shape index (κ1) is 11.8. The fourth-order valence-corrected chi connectivity index (χ4v) is 0. The molecule has 0 saturated heterocycles. The molecule has 0 aromatic rings. The van der Waals surface area contributed by atoms with Crippen molar-refractivity contribution in [3.8, 4) is 0 Å².